The molecule has 5 aromatic rings. The van der Waals surface area contributed by atoms with Gasteiger partial charge in [-0.15, -0.1) is 0 Å². The summed E-state index contributed by atoms with van der Waals surface area (Å²) < 4.78 is 64.6. The number of hydrogen-bond acceptors (Lipinski definition) is 8. The lowest BCUT2D eigenvalue weighted by Gasteiger charge is -2.11. The zero-order chi connectivity index (χ0) is 31.8. The number of aromatic nitrogens is 4. The highest BCUT2D eigenvalue weighted by molar-refractivity contribution is 6.04. The van der Waals surface area contributed by atoms with Crippen molar-refractivity contribution in [2.75, 3.05) is 19.5 Å². The number of amides is 1. The lowest BCUT2D eigenvalue weighted by molar-refractivity contribution is -0.137. The lowest BCUT2D eigenvalue weighted by atomic mass is 10.0. The van der Waals surface area contributed by atoms with E-state index in [0.29, 0.717) is 22.8 Å². The van der Waals surface area contributed by atoms with Gasteiger partial charge in [0, 0.05) is 22.9 Å². The predicted molar refractivity (Wildman–Crippen MR) is 148 cm³/mol. The number of fused-ring (bicyclic) bond motifs is 1. The summed E-state index contributed by atoms with van der Waals surface area (Å²) in [7, 11) is 2.28. The minimum Gasteiger partial charge on any atom is -0.465 e. The number of nitrogens with zero attached hydrogens (tertiary/aromatic N) is 4. The molecule has 1 amide bonds. The first-order valence-corrected chi connectivity index (χ1v) is 12.7. The number of ether oxygens (including phenoxy) is 2. The number of imidazole rings is 1. The Labute approximate surface area is 246 Å². The molecular formula is C30H21F4N5O5. The highest BCUT2D eigenvalue weighted by Gasteiger charge is 2.31. The number of anilines is 1. The van der Waals surface area contributed by atoms with E-state index in [1.54, 1.807) is 6.92 Å². The van der Waals surface area contributed by atoms with Crippen LogP contribution in [0, 0.1) is 12.7 Å². The van der Waals surface area contributed by atoms with Gasteiger partial charge in [-0.05, 0) is 67.1 Å². The zero-order valence-electron chi connectivity index (χ0n) is 23.2. The molecule has 0 spiro atoms. The topological polar surface area (TPSA) is 125 Å². The van der Waals surface area contributed by atoms with Crippen LogP contribution in [0.1, 0.15) is 42.3 Å². The number of halogens is 4. The summed E-state index contributed by atoms with van der Waals surface area (Å²) in [5, 5.41) is 6.82. The largest absolute Gasteiger partial charge is 0.465 e. The summed E-state index contributed by atoms with van der Waals surface area (Å²) in [5.74, 6) is -3.06. The van der Waals surface area contributed by atoms with Crippen LogP contribution in [0.15, 0.2) is 66.9 Å². The number of carbonyl (C=O) groups excluding carboxylic acids is 3. The Morgan fingerprint density at radius 2 is 1.66 bits per heavy atom. The number of pyridine rings is 1. The van der Waals surface area contributed by atoms with Crippen molar-refractivity contribution in [3.05, 3.63) is 101 Å². The van der Waals surface area contributed by atoms with Crippen molar-refractivity contribution < 1.29 is 41.4 Å². The van der Waals surface area contributed by atoms with E-state index in [1.807, 2.05) is 0 Å². The molecule has 44 heavy (non-hydrogen) atoms. The molecule has 5 rings (SSSR count). The summed E-state index contributed by atoms with van der Waals surface area (Å²) in [6.07, 6.45) is -3.33. The Morgan fingerprint density at radius 1 is 0.909 bits per heavy atom. The summed E-state index contributed by atoms with van der Waals surface area (Å²) in [4.78, 5) is 46.8. The second kappa shape index (κ2) is 11.6. The second-order valence-corrected chi connectivity index (χ2v) is 9.40. The highest BCUT2D eigenvalue weighted by atomic mass is 19.4. The maximum absolute atomic E-state index is 14.2. The standard InChI is InChI=1S/C30H21F4N5O5/c1-15-11-16(7-8-21(15)31)24-25(39-26(37-24)20(28(41)43-2)14-22(38-39)29(42)44-3)17-9-10-35-23(13-17)36-27(40)18-5-4-6-19(12-18)30(32,33)34/h4-14H,1-3H3,(H,35,36,40). The molecule has 0 fully saturated rings. The van der Waals surface area contributed by atoms with Crippen LogP contribution in [0.3, 0.4) is 0 Å². The Balaban J connectivity index is 1.69. The molecule has 14 heteroatoms. The van der Waals surface area contributed by atoms with Gasteiger partial charge in [-0.2, -0.15) is 18.3 Å². The number of nitrogens with one attached hydrogen (secondary N) is 1. The molecule has 3 aromatic heterocycles. The number of aryl methyl sites for hydroxylation is 1. The fourth-order valence-electron chi connectivity index (χ4n) is 4.41. The van der Waals surface area contributed by atoms with Crippen LogP contribution in [0.4, 0.5) is 23.4 Å². The van der Waals surface area contributed by atoms with E-state index in [1.165, 1.54) is 47.1 Å². The zero-order valence-corrected chi connectivity index (χ0v) is 23.2. The third kappa shape index (κ3) is 5.69. The van der Waals surface area contributed by atoms with Gasteiger partial charge in [0.05, 0.1) is 25.5 Å². The van der Waals surface area contributed by atoms with Crippen LogP contribution in [0.25, 0.3) is 28.2 Å². The molecule has 3 heterocycles. The van der Waals surface area contributed by atoms with Gasteiger partial charge in [0.25, 0.3) is 5.91 Å². The number of alkyl halides is 3. The van der Waals surface area contributed by atoms with Crippen LogP contribution in [0.2, 0.25) is 0 Å². The van der Waals surface area contributed by atoms with Crippen LogP contribution in [-0.2, 0) is 15.7 Å². The van der Waals surface area contributed by atoms with E-state index in [-0.39, 0.29) is 39.7 Å². The number of benzene rings is 2. The predicted octanol–water partition coefficient (Wildman–Crippen LogP) is 5.75. The number of rotatable bonds is 6. The van der Waals surface area contributed by atoms with Gasteiger partial charge in [0.15, 0.2) is 11.3 Å². The Bertz CT molecular complexity index is 1950. The van der Waals surface area contributed by atoms with Crippen LogP contribution in [-0.4, -0.2) is 51.6 Å². The Kier molecular flexibility index (Phi) is 7.83. The SMILES string of the molecule is COC(=O)c1cc(C(=O)OC)c2nc(-c3ccc(F)c(C)c3)c(-c3ccnc(NC(=O)c4cccc(C(F)(F)F)c4)c3)n2n1. The maximum Gasteiger partial charge on any atom is 0.416 e. The molecule has 0 atom stereocenters. The molecule has 224 valence electrons. The number of esters is 2. The van der Waals surface area contributed by atoms with Gasteiger partial charge in [-0.25, -0.2) is 28.5 Å². The molecule has 0 unspecified atom stereocenters. The third-order valence-electron chi connectivity index (χ3n) is 6.54. The number of carbonyl (C=O) groups is 3. The van der Waals surface area contributed by atoms with E-state index in [0.717, 1.165) is 32.4 Å². The number of hydrogen-bond donors (Lipinski definition) is 1. The fraction of sp³-hybridized carbons (Fsp3) is 0.133. The molecule has 2 aromatic carbocycles. The smallest absolute Gasteiger partial charge is 0.416 e. The normalized spacial score (nSPS) is 11.3. The van der Waals surface area contributed by atoms with Gasteiger partial charge in [0.2, 0.25) is 0 Å². The average Bonchev–Trinajstić information content (AvgIpc) is 3.40. The molecule has 10 nitrogen and oxygen atoms in total. The van der Waals surface area contributed by atoms with Gasteiger partial charge in [-0.3, -0.25) is 4.79 Å². The van der Waals surface area contributed by atoms with Crippen LogP contribution in [0.5, 0.6) is 0 Å². The van der Waals surface area contributed by atoms with Gasteiger partial charge in [0.1, 0.15) is 22.9 Å². The number of methoxy groups -OCH3 is 2. The molecule has 0 bridgehead atoms. The van der Waals surface area contributed by atoms with Gasteiger partial charge < -0.3 is 14.8 Å². The average molecular weight is 608 g/mol. The van der Waals surface area contributed by atoms with E-state index >= 15 is 0 Å². The van der Waals surface area contributed by atoms with Gasteiger partial charge in [-0.1, -0.05) is 6.07 Å². The first kappa shape index (κ1) is 29.8. The molecular weight excluding hydrogens is 586 g/mol. The van der Waals surface area contributed by atoms with E-state index < -0.39 is 35.4 Å². The van der Waals surface area contributed by atoms with Gasteiger partial charge >= 0.3 is 18.1 Å². The Morgan fingerprint density at radius 3 is 2.34 bits per heavy atom. The van der Waals surface area contributed by atoms with Crippen molar-refractivity contribution in [2.24, 2.45) is 0 Å². The van der Waals surface area contributed by atoms with E-state index in [9.17, 15) is 31.9 Å². The van der Waals surface area contributed by atoms with Crippen molar-refractivity contribution in [2.45, 2.75) is 13.1 Å². The van der Waals surface area contributed by atoms with E-state index in [4.69, 9.17) is 9.47 Å². The molecule has 1 N–H and O–H groups in total. The summed E-state index contributed by atoms with van der Waals surface area (Å²) in [6, 6.07) is 12.2. The summed E-state index contributed by atoms with van der Waals surface area (Å²) in [6.45, 7) is 1.55. The minimum atomic E-state index is -4.65. The minimum absolute atomic E-state index is 0.0113. The lowest BCUT2D eigenvalue weighted by Crippen LogP contribution is -2.15. The monoisotopic (exact) mass is 607 g/mol. The quantitative estimate of drug-likeness (QED) is 0.191. The maximum atomic E-state index is 14.2. The molecule has 0 aliphatic carbocycles. The van der Waals surface area contributed by atoms with Crippen molar-refractivity contribution >= 4 is 29.3 Å². The first-order valence-electron chi connectivity index (χ1n) is 12.7. The highest BCUT2D eigenvalue weighted by Crippen LogP contribution is 2.35. The molecule has 0 aliphatic rings. The summed E-state index contributed by atoms with van der Waals surface area (Å²) >= 11 is 0. The van der Waals surface area contributed by atoms with Crippen molar-refractivity contribution in [3.8, 4) is 22.5 Å². The van der Waals surface area contributed by atoms with E-state index in [2.05, 4.69) is 20.4 Å². The Hall–Kier alpha value is -5.66. The fourth-order valence-corrected chi connectivity index (χ4v) is 4.41. The van der Waals surface area contributed by atoms with Crippen molar-refractivity contribution in [3.63, 3.8) is 0 Å². The first-order chi connectivity index (χ1) is 20.9. The molecule has 0 saturated carbocycles. The third-order valence-corrected chi connectivity index (χ3v) is 6.54. The van der Waals surface area contributed by atoms with Crippen LogP contribution < -0.4 is 5.32 Å². The second-order valence-electron chi connectivity index (χ2n) is 9.40. The molecule has 0 saturated heterocycles. The van der Waals surface area contributed by atoms with Crippen molar-refractivity contribution in [1.29, 1.82) is 0 Å². The summed E-state index contributed by atoms with van der Waals surface area (Å²) in [5.41, 5.74) is -0.182. The van der Waals surface area contributed by atoms with Crippen LogP contribution >= 0.6 is 0 Å². The molecule has 0 aliphatic heterocycles. The van der Waals surface area contributed by atoms with Crippen molar-refractivity contribution in [1.82, 2.24) is 19.6 Å². The molecule has 0 radical (unpaired) electrons.